The molecule has 5 heteroatoms. The monoisotopic (exact) mass is 283 g/mol. The van der Waals surface area contributed by atoms with Crippen molar-refractivity contribution in [2.24, 2.45) is 0 Å². The highest BCUT2D eigenvalue weighted by Gasteiger charge is 2.13. The van der Waals surface area contributed by atoms with E-state index in [1.54, 1.807) is 6.92 Å². The summed E-state index contributed by atoms with van der Waals surface area (Å²) in [7, 11) is -2.88. The number of anilines is 1. The summed E-state index contributed by atoms with van der Waals surface area (Å²) in [4.78, 5) is 0. The van der Waals surface area contributed by atoms with Crippen LogP contribution in [0.1, 0.15) is 25.3 Å². The van der Waals surface area contributed by atoms with Gasteiger partial charge >= 0.3 is 0 Å². The molecule has 0 saturated heterocycles. The summed E-state index contributed by atoms with van der Waals surface area (Å²) in [5, 5.41) is 3.35. The molecular formula is C14H21NO3S. The van der Waals surface area contributed by atoms with Gasteiger partial charge in [0.05, 0.1) is 12.4 Å². The predicted molar refractivity (Wildman–Crippen MR) is 77.7 cm³/mol. The van der Waals surface area contributed by atoms with Crippen LogP contribution in [0.25, 0.3) is 0 Å². The smallest absolute Gasteiger partial charge is 0.150 e. The lowest BCUT2D eigenvalue weighted by molar-refractivity contribution is 0.314. The average molecular weight is 283 g/mol. The number of hydrogen-bond acceptors (Lipinski definition) is 4. The second kappa shape index (κ2) is 6.28. The number of ether oxygens (including phenoxy) is 1. The van der Waals surface area contributed by atoms with Crippen LogP contribution in [0.5, 0.6) is 5.75 Å². The Labute approximate surface area is 115 Å². The Hall–Kier alpha value is -1.23. The molecule has 0 saturated carbocycles. The molecule has 0 bridgehead atoms. The zero-order chi connectivity index (χ0) is 13.7. The number of rotatable bonds is 6. The van der Waals surface area contributed by atoms with E-state index in [-0.39, 0.29) is 11.5 Å². The summed E-state index contributed by atoms with van der Waals surface area (Å²) in [6.45, 7) is 3.14. The van der Waals surface area contributed by atoms with Gasteiger partial charge in [-0.1, -0.05) is 13.0 Å². The third-order valence-electron chi connectivity index (χ3n) is 3.35. The molecule has 0 radical (unpaired) electrons. The van der Waals surface area contributed by atoms with E-state index >= 15 is 0 Å². The van der Waals surface area contributed by atoms with Crippen LogP contribution in [0.2, 0.25) is 0 Å². The van der Waals surface area contributed by atoms with Gasteiger partial charge in [-0.05, 0) is 31.4 Å². The average Bonchev–Trinajstić information content (AvgIpc) is 2.44. The maximum Gasteiger partial charge on any atom is 0.150 e. The summed E-state index contributed by atoms with van der Waals surface area (Å²) < 4.78 is 28.5. The summed E-state index contributed by atoms with van der Waals surface area (Å²) in [6.07, 6.45) is 2.68. The molecule has 1 aliphatic heterocycles. The minimum Gasteiger partial charge on any atom is -0.493 e. The minimum atomic E-state index is -2.88. The fourth-order valence-electron chi connectivity index (χ4n) is 2.22. The summed E-state index contributed by atoms with van der Waals surface area (Å²) >= 11 is 0. The molecule has 1 aromatic carbocycles. The largest absolute Gasteiger partial charge is 0.493 e. The Balaban J connectivity index is 1.90. The van der Waals surface area contributed by atoms with E-state index in [4.69, 9.17) is 4.74 Å². The number of fused-ring (bicyclic) bond motifs is 1. The Kier molecular flexibility index (Phi) is 4.69. The van der Waals surface area contributed by atoms with Gasteiger partial charge in [0.15, 0.2) is 0 Å². The Morgan fingerprint density at radius 1 is 1.37 bits per heavy atom. The third kappa shape index (κ3) is 3.86. The van der Waals surface area contributed by atoms with Crippen LogP contribution in [-0.4, -0.2) is 33.1 Å². The number of hydrogen-bond donors (Lipinski definition) is 1. The van der Waals surface area contributed by atoms with E-state index in [0.29, 0.717) is 13.0 Å². The number of sulfone groups is 1. The molecule has 1 aromatic rings. The van der Waals surface area contributed by atoms with Crippen molar-refractivity contribution in [3.63, 3.8) is 0 Å². The lowest BCUT2D eigenvalue weighted by Crippen LogP contribution is -2.14. The van der Waals surface area contributed by atoms with Gasteiger partial charge in [0.25, 0.3) is 0 Å². The summed E-state index contributed by atoms with van der Waals surface area (Å²) in [6, 6.07) is 5.98. The van der Waals surface area contributed by atoms with E-state index in [1.807, 2.05) is 12.1 Å². The van der Waals surface area contributed by atoms with Crippen molar-refractivity contribution in [1.29, 1.82) is 0 Å². The lowest BCUT2D eigenvalue weighted by atomic mass is 10.0. The van der Waals surface area contributed by atoms with Gasteiger partial charge in [-0.3, -0.25) is 0 Å². The van der Waals surface area contributed by atoms with Crippen molar-refractivity contribution in [2.45, 2.75) is 26.2 Å². The highest BCUT2D eigenvalue weighted by atomic mass is 32.2. The van der Waals surface area contributed by atoms with Crippen molar-refractivity contribution >= 4 is 15.5 Å². The zero-order valence-electron chi connectivity index (χ0n) is 11.3. The van der Waals surface area contributed by atoms with Crippen molar-refractivity contribution in [2.75, 3.05) is 30.0 Å². The summed E-state index contributed by atoms with van der Waals surface area (Å²) in [5.41, 5.74) is 2.36. The molecule has 0 unspecified atom stereocenters. The first-order chi connectivity index (χ1) is 9.12. The first-order valence-corrected chi connectivity index (χ1v) is 8.63. The molecular weight excluding hydrogens is 262 g/mol. The molecule has 1 aliphatic rings. The lowest BCUT2D eigenvalue weighted by Gasteiger charge is -2.20. The van der Waals surface area contributed by atoms with Crippen LogP contribution in [-0.2, 0) is 16.3 Å². The zero-order valence-corrected chi connectivity index (χ0v) is 12.1. The molecule has 0 aromatic heterocycles. The second-order valence-corrected chi connectivity index (χ2v) is 7.22. The highest BCUT2D eigenvalue weighted by molar-refractivity contribution is 7.91. The molecule has 0 aliphatic carbocycles. The van der Waals surface area contributed by atoms with Crippen molar-refractivity contribution in [3.8, 4) is 5.75 Å². The van der Waals surface area contributed by atoms with E-state index in [2.05, 4.69) is 11.4 Å². The minimum absolute atomic E-state index is 0.205. The molecule has 0 atom stereocenters. The quantitative estimate of drug-likeness (QED) is 0.814. The predicted octanol–water partition coefficient (Wildman–Crippen LogP) is 2.25. The molecule has 1 heterocycles. The Morgan fingerprint density at radius 3 is 3.00 bits per heavy atom. The van der Waals surface area contributed by atoms with Gasteiger partial charge in [0.1, 0.15) is 15.6 Å². The third-order valence-corrected chi connectivity index (χ3v) is 5.14. The topological polar surface area (TPSA) is 55.4 Å². The second-order valence-electron chi connectivity index (χ2n) is 4.75. The van der Waals surface area contributed by atoms with E-state index < -0.39 is 9.84 Å². The number of nitrogens with one attached hydrogen (secondary N) is 1. The van der Waals surface area contributed by atoms with Gasteiger partial charge in [0, 0.05) is 23.5 Å². The van der Waals surface area contributed by atoms with Crippen molar-refractivity contribution in [3.05, 3.63) is 23.8 Å². The van der Waals surface area contributed by atoms with E-state index in [9.17, 15) is 8.42 Å². The highest BCUT2D eigenvalue weighted by Crippen LogP contribution is 2.30. The van der Waals surface area contributed by atoms with Gasteiger partial charge in [-0.25, -0.2) is 8.42 Å². The maximum atomic E-state index is 11.4. The van der Waals surface area contributed by atoms with Gasteiger partial charge in [-0.15, -0.1) is 0 Å². The van der Waals surface area contributed by atoms with Crippen LogP contribution in [0.3, 0.4) is 0 Å². The van der Waals surface area contributed by atoms with Crippen LogP contribution in [0, 0.1) is 0 Å². The van der Waals surface area contributed by atoms with Crippen molar-refractivity contribution in [1.82, 2.24) is 0 Å². The SMILES string of the molecule is CCS(=O)(=O)CCCOc1cccc2c1CCCN2. The van der Waals surface area contributed by atoms with Gasteiger partial charge in [-0.2, -0.15) is 0 Å². The molecule has 1 N–H and O–H groups in total. The summed E-state index contributed by atoms with van der Waals surface area (Å²) in [5.74, 6) is 1.30. The molecule has 0 fully saturated rings. The van der Waals surface area contributed by atoms with Crippen LogP contribution >= 0.6 is 0 Å². The van der Waals surface area contributed by atoms with Crippen LogP contribution in [0.15, 0.2) is 18.2 Å². The normalized spacial score (nSPS) is 14.6. The molecule has 0 spiro atoms. The Morgan fingerprint density at radius 2 is 2.21 bits per heavy atom. The van der Waals surface area contributed by atoms with E-state index in [1.165, 1.54) is 5.56 Å². The van der Waals surface area contributed by atoms with Crippen LogP contribution in [0.4, 0.5) is 5.69 Å². The molecule has 19 heavy (non-hydrogen) atoms. The van der Waals surface area contributed by atoms with Gasteiger partial charge < -0.3 is 10.1 Å². The first-order valence-electron chi connectivity index (χ1n) is 6.81. The fraction of sp³-hybridized carbons (Fsp3) is 0.571. The molecule has 0 amide bonds. The van der Waals surface area contributed by atoms with Crippen molar-refractivity contribution < 1.29 is 13.2 Å². The van der Waals surface area contributed by atoms with Gasteiger partial charge in [0.2, 0.25) is 0 Å². The Bertz CT molecular complexity index is 525. The molecule has 2 rings (SSSR count). The van der Waals surface area contributed by atoms with Crippen LogP contribution < -0.4 is 10.1 Å². The molecule has 4 nitrogen and oxygen atoms in total. The van der Waals surface area contributed by atoms with E-state index in [0.717, 1.165) is 30.8 Å². The standard InChI is InChI=1S/C14H21NO3S/c1-2-19(16,17)11-5-10-18-14-8-3-7-13-12(14)6-4-9-15-13/h3,7-8,15H,2,4-6,9-11H2,1H3. The first kappa shape index (κ1) is 14.2. The number of benzene rings is 1. The molecule has 106 valence electrons. The maximum absolute atomic E-state index is 11.4. The fourth-order valence-corrected chi connectivity index (χ4v) is 3.06.